The van der Waals surface area contributed by atoms with Crippen LogP contribution in [0.3, 0.4) is 0 Å². The molecule has 2 rings (SSSR count). The second-order valence-electron chi connectivity index (χ2n) is 4.39. The molecule has 6 nitrogen and oxygen atoms in total. The van der Waals surface area contributed by atoms with Crippen molar-refractivity contribution in [2.24, 2.45) is 5.73 Å². The van der Waals surface area contributed by atoms with E-state index in [1.165, 1.54) is 7.11 Å². The van der Waals surface area contributed by atoms with Gasteiger partial charge in [-0.2, -0.15) is 0 Å². The van der Waals surface area contributed by atoms with Crippen LogP contribution in [0.4, 0.5) is 0 Å². The Balaban J connectivity index is 1.89. The summed E-state index contributed by atoms with van der Waals surface area (Å²) in [4.78, 5) is 11.1. The summed E-state index contributed by atoms with van der Waals surface area (Å²) in [6, 6.07) is 4.83. The third-order valence-electron chi connectivity index (χ3n) is 2.96. The van der Waals surface area contributed by atoms with Crippen molar-refractivity contribution in [3.05, 3.63) is 23.8 Å². The number of methoxy groups -OCH3 is 1. The van der Waals surface area contributed by atoms with Crippen LogP contribution in [0.25, 0.3) is 0 Å². The van der Waals surface area contributed by atoms with Crippen LogP contribution in [-0.2, 0) is 9.47 Å². The summed E-state index contributed by atoms with van der Waals surface area (Å²) in [5.74, 6) is 0.541. The van der Waals surface area contributed by atoms with Crippen molar-refractivity contribution in [2.75, 3.05) is 26.9 Å². The Kier molecular flexibility index (Phi) is 5.20. The highest BCUT2D eigenvalue weighted by atomic mass is 16.7. The van der Waals surface area contributed by atoms with E-state index in [2.05, 4.69) is 0 Å². The number of hydrogen-bond acceptors (Lipinski definition) is 5. The van der Waals surface area contributed by atoms with Crippen molar-refractivity contribution in [3.63, 3.8) is 0 Å². The highest BCUT2D eigenvalue weighted by molar-refractivity contribution is 5.93. The van der Waals surface area contributed by atoms with Gasteiger partial charge in [-0.05, 0) is 24.6 Å². The lowest BCUT2D eigenvalue weighted by atomic mass is 10.2. The maximum Gasteiger partial charge on any atom is 0.248 e. The Morgan fingerprint density at radius 3 is 2.75 bits per heavy atom. The Morgan fingerprint density at radius 2 is 2.10 bits per heavy atom. The van der Waals surface area contributed by atoms with E-state index in [4.69, 9.17) is 24.7 Å². The number of amides is 1. The highest BCUT2D eigenvalue weighted by Crippen LogP contribution is 2.28. The van der Waals surface area contributed by atoms with Crippen LogP contribution in [0, 0.1) is 0 Å². The van der Waals surface area contributed by atoms with Gasteiger partial charge in [0, 0.05) is 12.0 Å². The number of ether oxygens (including phenoxy) is 4. The van der Waals surface area contributed by atoms with Crippen LogP contribution in [-0.4, -0.2) is 39.1 Å². The van der Waals surface area contributed by atoms with Crippen molar-refractivity contribution >= 4 is 5.91 Å². The number of nitrogens with two attached hydrogens (primary N) is 1. The monoisotopic (exact) mass is 281 g/mol. The normalized spacial score (nSPS) is 15.8. The molecule has 110 valence electrons. The smallest absolute Gasteiger partial charge is 0.248 e. The molecular formula is C14H19NO5. The lowest BCUT2D eigenvalue weighted by Crippen LogP contribution is -2.26. The van der Waals surface area contributed by atoms with Gasteiger partial charge in [-0.15, -0.1) is 0 Å². The fourth-order valence-electron chi connectivity index (χ4n) is 1.91. The highest BCUT2D eigenvalue weighted by Gasteiger charge is 2.15. The third kappa shape index (κ3) is 3.85. The first-order valence-corrected chi connectivity index (χ1v) is 6.54. The molecule has 2 N–H and O–H groups in total. The summed E-state index contributed by atoms with van der Waals surface area (Å²) < 4.78 is 21.7. The molecule has 0 unspecified atom stereocenters. The number of carbonyl (C=O) groups is 1. The molecule has 0 atom stereocenters. The lowest BCUT2D eigenvalue weighted by molar-refractivity contribution is -0.183. The maximum absolute atomic E-state index is 11.1. The van der Waals surface area contributed by atoms with Crippen molar-refractivity contribution in [2.45, 2.75) is 19.1 Å². The van der Waals surface area contributed by atoms with E-state index >= 15 is 0 Å². The number of rotatable bonds is 6. The molecule has 0 spiro atoms. The summed E-state index contributed by atoms with van der Waals surface area (Å²) in [5, 5.41) is 0. The predicted octanol–water partition coefficient (Wildman–Crippen LogP) is 1.33. The Hall–Kier alpha value is -1.79. The molecule has 1 aromatic rings. The van der Waals surface area contributed by atoms with E-state index < -0.39 is 5.91 Å². The van der Waals surface area contributed by atoms with E-state index in [0.29, 0.717) is 30.1 Å². The molecule has 6 heteroatoms. The summed E-state index contributed by atoms with van der Waals surface area (Å²) in [5.41, 5.74) is 5.60. The molecule has 0 aliphatic carbocycles. The predicted molar refractivity (Wildman–Crippen MR) is 71.9 cm³/mol. The largest absolute Gasteiger partial charge is 0.493 e. The van der Waals surface area contributed by atoms with E-state index in [1.54, 1.807) is 18.2 Å². The molecule has 1 aromatic carbocycles. The quantitative estimate of drug-likeness (QED) is 0.850. The van der Waals surface area contributed by atoms with Crippen LogP contribution in [0.15, 0.2) is 18.2 Å². The van der Waals surface area contributed by atoms with Crippen LogP contribution >= 0.6 is 0 Å². The third-order valence-corrected chi connectivity index (χ3v) is 2.96. The van der Waals surface area contributed by atoms with Gasteiger partial charge < -0.3 is 24.7 Å². The van der Waals surface area contributed by atoms with Crippen LogP contribution in [0.5, 0.6) is 11.5 Å². The van der Waals surface area contributed by atoms with Crippen molar-refractivity contribution < 1.29 is 23.7 Å². The van der Waals surface area contributed by atoms with Crippen LogP contribution < -0.4 is 15.2 Å². The fourth-order valence-corrected chi connectivity index (χ4v) is 1.91. The van der Waals surface area contributed by atoms with Gasteiger partial charge in [0.1, 0.15) is 0 Å². The van der Waals surface area contributed by atoms with Crippen LogP contribution in [0.2, 0.25) is 0 Å². The minimum atomic E-state index is -0.501. The van der Waals surface area contributed by atoms with E-state index in [1.807, 2.05) is 0 Å². The number of benzene rings is 1. The molecule has 1 aliphatic rings. The molecule has 1 fully saturated rings. The molecule has 1 aliphatic heterocycles. The minimum Gasteiger partial charge on any atom is -0.493 e. The summed E-state index contributed by atoms with van der Waals surface area (Å²) in [6.07, 6.45) is 1.36. The first-order chi connectivity index (χ1) is 9.70. The van der Waals surface area contributed by atoms with Gasteiger partial charge >= 0.3 is 0 Å². The SMILES string of the molecule is COc1cc(C(N)=O)ccc1OCCC1OCCCO1. The lowest BCUT2D eigenvalue weighted by Gasteiger charge is -2.23. The molecule has 1 saturated heterocycles. The van der Waals surface area contributed by atoms with Gasteiger partial charge in [-0.3, -0.25) is 4.79 Å². The molecule has 0 bridgehead atoms. The van der Waals surface area contributed by atoms with Gasteiger partial charge in [-0.25, -0.2) is 0 Å². The maximum atomic E-state index is 11.1. The Labute approximate surface area is 117 Å². The summed E-state index contributed by atoms with van der Waals surface area (Å²) >= 11 is 0. The average molecular weight is 281 g/mol. The zero-order chi connectivity index (χ0) is 14.4. The van der Waals surface area contributed by atoms with E-state index in [9.17, 15) is 4.79 Å². The molecule has 0 saturated carbocycles. The van der Waals surface area contributed by atoms with Crippen molar-refractivity contribution in [1.82, 2.24) is 0 Å². The zero-order valence-corrected chi connectivity index (χ0v) is 11.5. The van der Waals surface area contributed by atoms with E-state index in [-0.39, 0.29) is 6.29 Å². The van der Waals surface area contributed by atoms with Crippen molar-refractivity contribution in [3.8, 4) is 11.5 Å². The molecule has 0 radical (unpaired) electrons. The zero-order valence-electron chi connectivity index (χ0n) is 11.5. The van der Waals surface area contributed by atoms with Gasteiger partial charge in [0.2, 0.25) is 5.91 Å². The van der Waals surface area contributed by atoms with Gasteiger partial charge in [0.25, 0.3) is 0 Å². The number of carbonyl (C=O) groups excluding carboxylic acids is 1. The second-order valence-corrected chi connectivity index (χ2v) is 4.39. The Morgan fingerprint density at radius 1 is 1.35 bits per heavy atom. The number of hydrogen-bond donors (Lipinski definition) is 1. The van der Waals surface area contributed by atoms with Crippen molar-refractivity contribution in [1.29, 1.82) is 0 Å². The van der Waals surface area contributed by atoms with Gasteiger partial charge in [-0.1, -0.05) is 0 Å². The summed E-state index contributed by atoms with van der Waals surface area (Å²) in [7, 11) is 1.51. The second kappa shape index (κ2) is 7.12. The van der Waals surface area contributed by atoms with E-state index in [0.717, 1.165) is 19.6 Å². The van der Waals surface area contributed by atoms with Gasteiger partial charge in [0.05, 0.1) is 26.9 Å². The topological polar surface area (TPSA) is 80.0 Å². The average Bonchev–Trinajstić information content (AvgIpc) is 2.48. The van der Waals surface area contributed by atoms with Gasteiger partial charge in [0.15, 0.2) is 17.8 Å². The molecule has 1 amide bonds. The first kappa shape index (κ1) is 14.6. The first-order valence-electron chi connectivity index (χ1n) is 6.54. The number of primary amides is 1. The molecule has 20 heavy (non-hydrogen) atoms. The van der Waals surface area contributed by atoms with Crippen LogP contribution in [0.1, 0.15) is 23.2 Å². The molecule has 0 aromatic heterocycles. The minimum absolute atomic E-state index is 0.209. The molecular weight excluding hydrogens is 262 g/mol. The summed E-state index contributed by atoms with van der Waals surface area (Å²) in [6.45, 7) is 1.89. The Bertz CT molecular complexity index is 457. The molecule has 1 heterocycles. The fraction of sp³-hybridized carbons (Fsp3) is 0.500. The standard InChI is InChI=1S/C14H19NO5/c1-17-12-9-10(14(15)16)3-4-11(12)18-8-5-13-19-6-2-7-20-13/h3-4,9,13H,2,5-8H2,1H3,(H2,15,16).